The Hall–Kier alpha value is -3.48. The van der Waals surface area contributed by atoms with Gasteiger partial charge >= 0.3 is 0 Å². The molecule has 1 saturated heterocycles. The molecule has 1 aromatic heterocycles. The highest BCUT2D eigenvalue weighted by Crippen LogP contribution is 2.32. The minimum Gasteiger partial charge on any atom is -0.326 e. The summed E-state index contributed by atoms with van der Waals surface area (Å²) in [5.74, 6) is -0.850. The van der Waals surface area contributed by atoms with Crippen molar-refractivity contribution in [3.05, 3.63) is 76.6 Å². The smallest absolute Gasteiger partial charge is 0.293 e. The zero-order valence-electron chi connectivity index (χ0n) is 17.5. The molecule has 0 atom stereocenters. The van der Waals surface area contributed by atoms with Gasteiger partial charge < -0.3 is 5.32 Å². The first-order valence-corrected chi connectivity index (χ1v) is 13.1. The van der Waals surface area contributed by atoms with Gasteiger partial charge in [-0.15, -0.1) is 11.3 Å². The molecule has 174 valence electrons. The lowest BCUT2D eigenvalue weighted by Crippen LogP contribution is -2.31. The molecule has 2 heterocycles. The molecule has 0 radical (unpaired) electrons. The standard InChI is InChI=1S/C22H18N4O5S3/c27-19(10-12-26-20(28)18(33-22(26)29)14-15-4-2-1-3-5-15)24-16-6-8-17(9-7-16)34(30,31)25-21-23-11-13-32-21/h1-9,11,13-14H,10,12H2,(H,23,25)(H,24,27). The van der Waals surface area contributed by atoms with Crippen LogP contribution in [-0.4, -0.2) is 41.9 Å². The summed E-state index contributed by atoms with van der Waals surface area (Å²) in [6, 6.07) is 14.8. The van der Waals surface area contributed by atoms with Crippen molar-refractivity contribution in [3.8, 4) is 0 Å². The predicted octanol–water partition coefficient (Wildman–Crippen LogP) is 4.01. The van der Waals surface area contributed by atoms with Crippen molar-refractivity contribution in [1.29, 1.82) is 0 Å². The molecule has 12 heteroatoms. The van der Waals surface area contributed by atoms with E-state index in [1.807, 2.05) is 30.3 Å². The van der Waals surface area contributed by atoms with Gasteiger partial charge in [0.2, 0.25) is 5.91 Å². The van der Waals surface area contributed by atoms with Gasteiger partial charge in [0.25, 0.3) is 21.2 Å². The molecule has 1 fully saturated rings. The Balaban J connectivity index is 1.32. The Morgan fingerprint density at radius 2 is 1.79 bits per heavy atom. The van der Waals surface area contributed by atoms with Gasteiger partial charge in [-0.05, 0) is 47.7 Å². The van der Waals surface area contributed by atoms with E-state index in [9.17, 15) is 22.8 Å². The van der Waals surface area contributed by atoms with Gasteiger partial charge in [-0.25, -0.2) is 13.4 Å². The van der Waals surface area contributed by atoms with Crippen molar-refractivity contribution in [3.63, 3.8) is 0 Å². The molecule has 0 spiro atoms. The van der Waals surface area contributed by atoms with Crippen molar-refractivity contribution in [2.45, 2.75) is 11.3 Å². The van der Waals surface area contributed by atoms with Crippen molar-refractivity contribution >= 4 is 67.1 Å². The van der Waals surface area contributed by atoms with Crippen LogP contribution in [0.2, 0.25) is 0 Å². The Labute approximate surface area is 203 Å². The summed E-state index contributed by atoms with van der Waals surface area (Å²) in [6.07, 6.45) is 3.04. The van der Waals surface area contributed by atoms with Crippen LogP contribution in [0.3, 0.4) is 0 Å². The number of hydrogen-bond acceptors (Lipinski definition) is 8. The number of anilines is 2. The van der Waals surface area contributed by atoms with E-state index in [2.05, 4.69) is 15.0 Å². The molecule has 0 saturated carbocycles. The minimum atomic E-state index is -3.79. The lowest BCUT2D eigenvalue weighted by atomic mass is 10.2. The summed E-state index contributed by atoms with van der Waals surface area (Å²) in [7, 11) is -3.79. The third-order valence-corrected chi connectivity index (χ3v) is 7.72. The van der Waals surface area contributed by atoms with Crippen LogP contribution < -0.4 is 10.0 Å². The monoisotopic (exact) mass is 514 g/mol. The molecule has 9 nitrogen and oxygen atoms in total. The number of carbonyl (C=O) groups is 3. The molecule has 3 amide bonds. The van der Waals surface area contributed by atoms with Crippen molar-refractivity contribution < 1.29 is 22.8 Å². The highest BCUT2D eigenvalue weighted by molar-refractivity contribution is 8.18. The normalized spacial score (nSPS) is 15.1. The number of nitrogens with one attached hydrogen (secondary N) is 2. The van der Waals surface area contributed by atoms with Gasteiger partial charge in [0.15, 0.2) is 5.13 Å². The van der Waals surface area contributed by atoms with Crippen LogP contribution in [0.1, 0.15) is 12.0 Å². The van der Waals surface area contributed by atoms with Crippen molar-refractivity contribution in [1.82, 2.24) is 9.88 Å². The number of amides is 3. The van der Waals surface area contributed by atoms with Crippen LogP contribution >= 0.6 is 23.1 Å². The van der Waals surface area contributed by atoms with E-state index < -0.39 is 27.1 Å². The number of imide groups is 1. The van der Waals surface area contributed by atoms with Crippen LogP contribution in [0.15, 0.2) is 76.0 Å². The third-order valence-electron chi connectivity index (χ3n) is 4.64. The van der Waals surface area contributed by atoms with Crippen molar-refractivity contribution in [2.75, 3.05) is 16.6 Å². The fourth-order valence-corrected chi connectivity index (χ4v) is 5.65. The third kappa shape index (κ3) is 5.71. The molecule has 1 aliphatic heterocycles. The number of carbonyl (C=O) groups excluding carboxylic acids is 3. The Morgan fingerprint density at radius 3 is 2.47 bits per heavy atom. The quantitative estimate of drug-likeness (QED) is 0.435. The number of hydrogen-bond donors (Lipinski definition) is 2. The van der Waals surface area contributed by atoms with E-state index in [0.717, 1.165) is 33.6 Å². The number of aromatic nitrogens is 1. The van der Waals surface area contributed by atoms with E-state index >= 15 is 0 Å². The average Bonchev–Trinajstić information content (AvgIpc) is 3.41. The maximum Gasteiger partial charge on any atom is 0.293 e. The lowest BCUT2D eigenvalue weighted by molar-refractivity contribution is -0.123. The SMILES string of the molecule is O=C(CCN1C(=O)SC(=Cc2ccccc2)C1=O)Nc1ccc(S(=O)(=O)Nc2nccs2)cc1. The van der Waals surface area contributed by atoms with Crippen LogP contribution in [-0.2, 0) is 19.6 Å². The molecular weight excluding hydrogens is 496 g/mol. The Morgan fingerprint density at radius 1 is 1.06 bits per heavy atom. The van der Waals surface area contributed by atoms with Gasteiger partial charge in [0.05, 0.1) is 9.80 Å². The molecule has 0 bridgehead atoms. The predicted molar refractivity (Wildman–Crippen MR) is 132 cm³/mol. The van der Waals surface area contributed by atoms with E-state index in [0.29, 0.717) is 10.6 Å². The molecule has 0 unspecified atom stereocenters. The van der Waals surface area contributed by atoms with Crippen LogP contribution in [0, 0.1) is 0 Å². The summed E-state index contributed by atoms with van der Waals surface area (Å²) < 4.78 is 27.1. The number of thioether (sulfide) groups is 1. The molecule has 0 aliphatic carbocycles. The number of sulfonamides is 1. The van der Waals surface area contributed by atoms with Crippen LogP contribution in [0.4, 0.5) is 15.6 Å². The second kappa shape index (κ2) is 10.2. The molecule has 2 aromatic carbocycles. The minimum absolute atomic E-state index is 0.0173. The van der Waals surface area contributed by atoms with E-state index in [-0.39, 0.29) is 23.0 Å². The molecule has 34 heavy (non-hydrogen) atoms. The maximum absolute atomic E-state index is 12.6. The second-order valence-electron chi connectivity index (χ2n) is 7.01. The molecular formula is C22H18N4O5S3. The van der Waals surface area contributed by atoms with Crippen LogP contribution in [0.25, 0.3) is 6.08 Å². The van der Waals surface area contributed by atoms with Gasteiger partial charge in [0, 0.05) is 30.2 Å². The summed E-state index contributed by atoms with van der Waals surface area (Å²) in [5, 5.41) is 4.11. The summed E-state index contributed by atoms with van der Waals surface area (Å²) in [6.45, 7) is -0.0627. The Kier molecular flexibility index (Phi) is 7.10. The number of benzene rings is 2. The summed E-state index contributed by atoms with van der Waals surface area (Å²) in [5.41, 5.74) is 1.19. The fraction of sp³-hybridized carbons (Fsp3) is 0.0909. The molecule has 1 aliphatic rings. The lowest BCUT2D eigenvalue weighted by Gasteiger charge is -2.12. The van der Waals surface area contributed by atoms with E-state index in [1.54, 1.807) is 11.5 Å². The Bertz CT molecular complexity index is 1340. The number of rotatable bonds is 8. The first kappa shape index (κ1) is 23.7. The second-order valence-corrected chi connectivity index (χ2v) is 10.6. The molecule has 3 aromatic rings. The van der Waals surface area contributed by atoms with E-state index in [1.165, 1.54) is 30.5 Å². The largest absolute Gasteiger partial charge is 0.326 e. The average molecular weight is 515 g/mol. The number of thiazole rings is 1. The topological polar surface area (TPSA) is 126 Å². The maximum atomic E-state index is 12.6. The van der Waals surface area contributed by atoms with Gasteiger partial charge in [0.1, 0.15) is 0 Å². The zero-order valence-corrected chi connectivity index (χ0v) is 20.0. The first-order chi connectivity index (χ1) is 16.3. The van der Waals surface area contributed by atoms with Crippen LogP contribution in [0.5, 0.6) is 0 Å². The van der Waals surface area contributed by atoms with Gasteiger partial charge in [-0.1, -0.05) is 30.3 Å². The van der Waals surface area contributed by atoms with Gasteiger partial charge in [-0.3, -0.25) is 24.0 Å². The zero-order chi connectivity index (χ0) is 24.1. The summed E-state index contributed by atoms with van der Waals surface area (Å²) in [4.78, 5) is 42.4. The van der Waals surface area contributed by atoms with Gasteiger partial charge in [-0.2, -0.15) is 0 Å². The highest BCUT2D eigenvalue weighted by Gasteiger charge is 2.35. The molecule has 2 N–H and O–H groups in total. The van der Waals surface area contributed by atoms with Crippen molar-refractivity contribution in [2.24, 2.45) is 0 Å². The molecule has 4 rings (SSSR count). The van der Waals surface area contributed by atoms with E-state index in [4.69, 9.17) is 0 Å². The highest BCUT2D eigenvalue weighted by atomic mass is 32.2. The summed E-state index contributed by atoms with van der Waals surface area (Å²) >= 11 is 1.99. The first-order valence-electron chi connectivity index (χ1n) is 9.94. The number of nitrogens with zero attached hydrogens (tertiary/aromatic N) is 2. The fourth-order valence-electron chi connectivity index (χ4n) is 3.00.